The second-order valence-corrected chi connectivity index (χ2v) is 6.54. The molecule has 0 bridgehead atoms. The molecular weight excluding hydrogens is 309 g/mol. The third-order valence-corrected chi connectivity index (χ3v) is 3.46. The SMILES string of the molecule is CC(C)(C)OC(=O)N(c1ccc(C(F)(F)F)cc1)C1CCNC1. The molecule has 1 fully saturated rings. The van der Waals surface area contributed by atoms with Gasteiger partial charge in [-0.25, -0.2) is 4.79 Å². The van der Waals surface area contributed by atoms with Gasteiger partial charge in [0.2, 0.25) is 0 Å². The topological polar surface area (TPSA) is 41.6 Å². The zero-order valence-corrected chi connectivity index (χ0v) is 13.4. The number of carbonyl (C=O) groups excluding carboxylic acids is 1. The van der Waals surface area contributed by atoms with Crippen molar-refractivity contribution in [3.8, 4) is 0 Å². The van der Waals surface area contributed by atoms with E-state index in [2.05, 4.69) is 5.32 Å². The molecule has 1 N–H and O–H groups in total. The molecule has 0 radical (unpaired) electrons. The summed E-state index contributed by atoms with van der Waals surface area (Å²) in [5.74, 6) is 0. The van der Waals surface area contributed by atoms with E-state index in [-0.39, 0.29) is 6.04 Å². The fourth-order valence-corrected chi connectivity index (χ4v) is 2.45. The monoisotopic (exact) mass is 330 g/mol. The fraction of sp³-hybridized carbons (Fsp3) is 0.562. The molecule has 0 aromatic heterocycles. The van der Waals surface area contributed by atoms with Crippen LogP contribution in [-0.4, -0.2) is 30.8 Å². The van der Waals surface area contributed by atoms with E-state index in [1.54, 1.807) is 20.8 Å². The molecule has 1 aromatic rings. The van der Waals surface area contributed by atoms with Crippen molar-refractivity contribution in [2.45, 2.75) is 45.0 Å². The Hall–Kier alpha value is -1.76. The third-order valence-electron chi connectivity index (χ3n) is 3.46. The standard InChI is InChI=1S/C16H21F3N2O2/c1-15(2,3)23-14(22)21(13-8-9-20-10-13)12-6-4-11(5-7-12)16(17,18)19/h4-7,13,20H,8-10H2,1-3H3. The second kappa shape index (κ2) is 6.39. The van der Waals surface area contributed by atoms with E-state index >= 15 is 0 Å². The summed E-state index contributed by atoms with van der Waals surface area (Å²) in [6.07, 6.45) is -4.23. The summed E-state index contributed by atoms with van der Waals surface area (Å²) in [5.41, 5.74) is -1.01. The molecule has 0 saturated carbocycles. The lowest BCUT2D eigenvalue weighted by atomic mass is 10.1. The van der Waals surface area contributed by atoms with Crippen LogP contribution >= 0.6 is 0 Å². The zero-order chi connectivity index (χ0) is 17.3. The van der Waals surface area contributed by atoms with Crippen molar-refractivity contribution in [3.05, 3.63) is 29.8 Å². The number of hydrogen-bond donors (Lipinski definition) is 1. The Morgan fingerprint density at radius 1 is 1.22 bits per heavy atom. The van der Waals surface area contributed by atoms with Gasteiger partial charge in [-0.1, -0.05) is 0 Å². The number of anilines is 1. The number of nitrogens with one attached hydrogen (secondary N) is 1. The summed E-state index contributed by atoms with van der Waals surface area (Å²) < 4.78 is 43.5. The first-order chi connectivity index (χ1) is 10.6. The molecule has 1 atom stereocenters. The molecule has 0 aliphatic carbocycles. The molecule has 1 heterocycles. The van der Waals surface area contributed by atoms with Crippen molar-refractivity contribution >= 4 is 11.8 Å². The van der Waals surface area contributed by atoms with Gasteiger partial charge < -0.3 is 10.1 Å². The van der Waals surface area contributed by atoms with E-state index < -0.39 is 23.4 Å². The molecule has 128 valence electrons. The van der Waals surface area contributed by atoms with Gasteiger partial charge >= 0.3 is 12.3 Å². The van der Waals surface area contributed by atoms with Crippen molar-refractivity contribution in [2.75, 3.05) is 18.0 Å². The van der Waals surface area contributed by atoms with Gasteiger partial charge in [0, 0.05) is 12.2 Å². The number of amides is 1. The predicted molar refractivity (Wildman–Crippen MR) is 81.4 cm³/mol. The van der Waals surface area contributed by atoms with E-state index in [0.29, 0.717) is 12.2 Å². The molecule has 7 heteroatoms. The van der Waals surface area contributed by atoms with E-state index in [0.717, 1.165) is 25.1 Å². The maximum atomic E-state index is 12.7. The molecule has 1 amide bonds. The van der Waals surface area contributed by atoms with E-state index in [1.807, 2.05) is 0 Å². The summed E-state index contributed by atoms with van der Waals surface area (Å²) >= 11 is 0. The summed E-state index contributed by atoms with van der Waals surface area (Å²) in [4.78, 5) is 13.9. The fourth-order valence-electron chi connectivity index (χ4n) is 2.45. The molecule has 0 spiro atoms. The molecule has 1 unspecified atom stereocenters. The van der Waals surface area contributed by atoms with Crippen LogP contribution in [0.15, 0.2) is 24.3 Å². The number of halogens is 3. The molecular formula is C16H21F3N2O2. The van der Waals surface area contributed by atoms with E-state index in [1.165, 1.54) is 17.0 Å². The van der Waals surface area contributed by atoms with Crippen LogP contribution in [0.2, 0.25) is 0 Å². The van der Waals surface area contributed by atoms with Crippen molar-refractivity contribution in [1.82, 2.24) is 5.32 Å². The Balaban J connectivity index is 2.28. The van der Waals surface area contributed by atoms with Crippen molar-refractivity contribution in [3.63, 3.8) is 0 Å². The molecule has 1 aromatic carbocycles. The van der Waals surface area contributed by atoms with Gasteiger partial charge in [-0.2, -0.15) is 13.2 Å². The van der Waals surface area contributed by atoms with Crippen LogP contribution in [0.3, 0.4) is 0 Å². The van der Waals surface area contributed by atoms with E-state index in [9.17, 15) is 18.0 Å². The smallest absolute Gasteiger partial charge is 0.416 e. The summed E-state index contributed by atoms with van der Waals surface area (Å²) in [7, 11) is 0. The highest BCUT2D eigenvalue weighted by molar-refractivity contribution is 5.88. The Morgan fingerprint density at radius 3 is 2.26 bits per heavy atom. The Bertz CT molecular complexity index is 544. The Labute approximate surface area is 133 Å². The lowest BCUT2D eigenvalue weighted by Crippen LogP contribution is -2.44. The highest BCUT2D eigenvalue weighted by Crippen LogP contribution is 2.31. The highest BCUT2D eigenvalue weighted by Gasteiger charge is 2.33. The minimum atomic E-state index is -4.40. The number of hydrogen-bond acceptors (Lipinski definition) is 3. The first kappa shape index (κ1) is 17.6. The van der Waals surface area contributed by atoms with Gasteiger partial charge in [0.05, 0.1) is 11.6 Å². The van der Waals surface area contributed by atoms with Crippen molar-refractivity contribution in [1.29, 1.82) is 0 Å². The van der Waals surface area contributed by atoms with Gasteiger partial charge in [0.1, 0.15) is 5.60 Å². The number of nitrogens with zero attached hydrogens (tertiary/aromatic N) is 1. The van der Waals surface area contributed by atoms with Gasteiger partial charge in [-0.15, -0.1) is 0 Å². The Morgan fingerprint density at radius 2 is 1.83 bits per heavy atom. The second-order valence-electron chi connectivity index (χ2n) is 6.54. The van der Waals surface area contributed by atoms with Gasteiger partial charge in [-0.05, 0) is 58.0 Å². The quantitative estimate of drug-likeness (QED) is 0.896. The molecule has 1 aliphatic heterocycles. The van der Waals surface area contributed by atoms with Gasteiger partial charge in [0.15, 0.2) is 0 Å². The van der Waals surface area contributed by atoms with Crippen LogP contribution in [-0.2, 0) is 10.9 Å². The van der Waals surface area contributed by atoms with Crippen LogP contribution in [0, 0.1) is 0 Å². The number of rotatable bonds is 2. The van der Waals surface area contributed by atoms with Crippen LogP contribution in [0.4, 0.5) is 23.7 Å². The maximum Gasteiger partial charge on any atom is 0.416 e. The van der Waals surface area contributed by atoms with Gasteiger partial charge in [0.25, 0.3) is 0 Å². The van der Waals surface area contributed by atoms with Crippen LogP contribution in [0.25, 0.3) is 0 Å². The lowest BCUT2D eigenvalue weighted by Gasteiger charge is -2.31. The Kier molecular flexibility index (Phi) is 4.89. The minimum absolute atomic E-state index is 0.137. The maximum absolute atomic E-state index is 12.7. The zero-order valence-electron chi connectivity index (χ0n) is 13.4. The molecule has 23 heavy (non-hydrogen) atoms. The highest BCUT2D eigenvalue weighted by atomic mass is 19.4. The lowest BCUT2D eigenvalue weighted by molar-refractivity contribution is -0.137. The van der Waals surface area contributed by atoms with Crippen LogP contribution in [0.1, 0.15) is 32.8 Å². The average Bonchev–Trinajstić information content (AvgIpc) is 2.90. The largest absolute Gasteiger partial charge is 0.443 e. The van der Waals surface area contributed by atoms with E-state index in [4.69, 9.17) is 4.74 Å². The number of carbonyl (C=O) groups is 1. The van der Waals surface area contributed by atoms with Gasteiger partial charge in [-0.3, -0.25) is 4.90 Å². The summed E-state index contributed by atoms with van der Waals surface area (Å²) in [6.45, 7) is 6.60. The first-order valence-electron chi connectivity index (χ1n) is 7.48. The molecule has 2 rings (SSSR count). The normalized spacial score (nSPS) is 18.8. The van der Waals surface area contributed by atoms with Crippen molar-refractivity contribution < 1.29 is 22.7 Å². The predicted octanol–water partition coefficient (Wildman–Crippen LogP) is 3.81. The summed E-state index contributed by atoms with van der Waals surface area (Å²) in [5, 5.41) is 3.15. The molecule has 1 aliphatic rings. The van der Waals surface area contributed by atoms with Crippen LogP contribution < -0.4 is 10.2 Å². The third kappa shape index (κ3) is 4.60. The number of alkyl halides is 3. The van der Waals surface area contributed by atoms with Crippen molar-refractivity contribution in [2.24, 2.45) is 0 Å². The molecule has 4 nitrogen and oxygen atoms in total. The minimum Gasteiger partial charge on any atom is -0.443 e. The average molecular weight is 330 g/mol. The first-order valence-corrected chi connectivity index (χ1v) is 7.48. The molecule has 1 saturated heterocycles. The van der Waals surface area contributed by atoms with Crippen LogP contribution in [0.5, 0.6) is 0 Å². The number of ether oxygens (including phenoxy) is 1. The number of benzene rings is 1. The summed E-state index contributed by atoms with van der Waals surface area (Å²) in [6, 6.07) is 4.45.